The molecule has 2 aliphatic heterocycles. The number of rotatable bonds is 6. The number of amides is 2. The number of hydrogen-bond donors (Lipinski definition) is 0. The molecule has 0 spiro atoms. The standard InChI is InChI=1S/C24H30N2O3S/c1-3-22(27)25(15-18-8-6-13-29-18)16-23(28)26-12-10-21-20(11-14-30-21)24(26)19-9-5-4-7-17(19)2/h4-5,7,9,11,14,18,24H,3,6,8,10,12-13,15-16H2,1-2H3. The minimum absolute atomic E-state index is 0.0134. The number of ether oxygens (including phenoxy) is 1. The van der Waals surface area contributed by atoms with Gasteiger partial charge in [0.2, 0.25) is 11.8 Å². The van der Waals surface area contributed by atoms with E-state index in [1.165, 1.54) is 16.0 Å². The van der Waals surface area contributed by atoms with E-state index in [4.69, 9.17) is 4.74 Å². The van der Waals surface area contributed by atoms with E-state index in [9.17, 15) is 9.59 Å². The Kier molecular flexibility index (Phi) is 6.54. The van der Waals surface area contributed by atoms with Crippen molar-refractivity contribution < 1.29 is 14.3 Å². The Morgan fingerprint density at radius 3 is 2.80 bits per heavy atom. The maximum Gasteiger partial charge on any atom is 0.242 e. The summed E-state index contributed by atoms with van der Waals surface area (Å²) in [7, 11) is 0. The van der Waals surface area contributed by atoms with Crippen LogP contribution in [0.5, 0.6) is 0 Å². The van der Waals surface area contributed by atoms with Crippen molar-refractivity contribution in [3.63, 3.8) is 0 Å². The van der Waals surface area contributed by atoms with Crippen molar-refractivity contribution in [1.29, 1.82) is 0 Å². The van der Waals surface area contributed by atoms with Gasteiger partial charge in [0.15, 0.2) is 0 Å². The predicted octanol–water partition coefficient (Wildman–Crippen LogP) is 3.95. The van der Waals surface area contributed by atoms with E-state index in [1.54, 1.807) is 16.2 Å². The van der Waals surface area contributed by atoms with Gasteiger partial charge in [-0.1, -0.05) is 31.2 Å². The quantitative estimate of drug-likeness (QED) is 0.703. The molecule has 30 heavy (non-hydrogen) atoms. The van der Waals surface area contributed by atoms with E-state index >= 15 is 0 Å². The van der Waals surface area contributed by atoms with Crippen LogP contribution in [0.15, 0.2) is 35.7 Å². The van der Waals surface area contributed by atoms with Crippen LogP contribution in [0.3, 0.4) is 0 Å². The first-order valence-corrected chi connectivity index (χ1v) is 11.8. The van der Waals surface area contributed by atoms with Crippen LogP contribution in [-0.4, -0.2) is 54.0 Å². The van der Waals surface area contributed by atoms with E-state index in [0.29, 0.717) is 19.5 Å². The molecule has 3 heterocycles. The lowest BCUT2D eigenvalue weighted by Gasteiger charge is -2.38. The molecule has 6 heteroatoms. The predicted molar refractivity (Wildman–Crippen MR) is 119 cm³/mol. The summed E-state index contributed by atoms with van der Waals surface area (Å²) in [6.07, 6.45) is 3.29. The Labute approximate surface area is 182 Å². The summed E-state index contributed by atoms with van der Waals surface area (Å²) in [5.41, 5.74) is 3.57. The summed E-state index contributed by atoms with van der Waals surface area (Å²) in [6, 6.07) is 10.4. The van der Waals surface area contributed by atoms with E-state index < -0.39 is 0 Å². The zero-order valence-corrected chi connectivity index (χ0v) is 18.6. The monoisotopic (exact) mass is 426 g/mol. The van der Waals surface area contributed by atoms with Crippen LogP contribution >= 0.6 is 11.3 Å². The molecule has 1 fully saturated rings. The Hall–Kier alpha value is -2.18. The van der Waals surface area contributed by atoms with Crippen molar-refractivity contribution in [2.24, 2.45) is 0 Å². The summed E-state index contributed by atoms with van der Waals surface area (Å²) >= 11 is 1.77. The van der Waals surface area contributed by atoms with E-state index in [-0.39, 0.29) is 30.5 Å². The van der Waals surface area contributed by atoms with Gasteiger partial charge in [0, 0.05) is 31.0 Å². The largest absolute Gasteiger partial charge is 0.376 e. The molecule has 5 nitrogen and oxygen atoms in total. The normalized spacial score (nSPS) is 20.8. The van der Waals surface area contributed by atoms with Crippen LogP contribution in [-0.2, 0) is 20.7 Å². The van der Waals surface area contributed by atoms with Crippen molar-refractivity contribution in [1.82, 2.24) is 9.80 Å². The van der Waals surface area contributed by atoms with Gasteiger partial charge in [-0.15, -0.1) is 11.3 Å². The highest BCUT2D eigenvalue weighted by Crippen LogP contribution is 2.39. The SMILES string of the molecule is CCC(=O)N(CC(=O)N1CCc2sccc2C1c1ccccc1C)CC1CCCO1. The molecule has 2 atom stereocenters. The zero-order valence-electron chi connectivity index (χ0n) is 17.8. The number of carbonyl (C=O) groups excluding carboxylic acids is 2. The Morgan fingerprint density at radius 2 is 2.07 bits per heavy atom. The lowest BCUT2D eigenvalue weighted by Crippen LogP contribution is -2.48. The minimum atomic E-state index is -0.0880. The first-order chi connectivity index (χ1) is 14.6. The number of thiophene rings is 1. The van der Waals surface area contributed by atoms with Crippen molar-refractivity contribution in [2.45, 2.75) is 51.7 Å². The molecular formula is C24H30N2O3S. The van der Waals surface area contributed by atoms with Crippen molar-refractivity contribution >= 4 is 23.2 Å². The first kappa shape index (κ1) is 21.1. The topological polar surface area (TPSA) is 49.9 Å². The zero-order chi connectivity index (χ0) is 21.1. The lowest BCUT2D eigenvalue weighted by molar-refractivity contribution is -0.142. The molecule has 160 valence electrons. The molecule has 2 unspecified atom stereocenters. The summed E-state index contributed by atoms with van der Waals surface area (Å²) in [5.74, 6) is 0.0272. The van der Waals surface area contributed by atoms with Crippen LogP contribution in [0.4, 0.5) is 0 Å². The van der Waals surface area contributed by atoms with Crippen molar-refractivity contribution in [3.05, 3.63) is 57.3 Å². The highest BCUT2D eigenvalue weighted by molar-refractivity contribution is 7.10. The molecule has 0 aliphatic carbocycles. The van der Waals surface area contributed by atoms with Gasteiger partial charge in [0.05, 0.1) is 18.7 Å². The van der Waals surface area contributed by atoms with E-state index in [1.807, 2.05) is 24.0 Å². The van der Waals surface area contributed by atoms with Gasteiger partial charge in [-0.25, -0.2) is 0 Å². The fraction of sp³-hybridized carbons (Fsp3) is 0.500. The second kappa shape index (κ2) is 9.31. The highest BCUT2D eigenvalue weighted by atomic mass is 32.1. The first-order valence-electron chi connectivity index (χ1n) is 10.9. The second-order valence-corrected chi connectivity index (χ2v) is 9.16. The van der Waals surface area contributed by atoms with E-state index in [2.05, 4.69) is 30.5 Å². The van der Waals surface area contributed by atoms with E-state index in [0.717, 1.165) is 31.4 Å². The van der Waals surface area contributed by atoms with Crippen molar-refractivity contribution in [2.75, 3.05) is 26.2 Å². The number of aryl methyl sites for hydroxylation is 1. The summed E-state index contributed by atoms with van der Waals surface area (Å²) in [4.78, 5) is 31.1. The van der Waals surface area contributed by atoms with Gasteiger partial charge in [0.25, 0.3) is 0 Å². The molecule has 1 aromatic heterocycles. The summed E-state index contributed by atoms with van der Waals surface area (Å²) in [5, 5.41) is 2.12. The molecule has 0 N–H and O–H groups in total. The fourth-order valence-electron chi connectivity index (χ4n) is 4.58. The fourth-order valence-corrected chi connectivity index (χ4v) is 5.48. The molecule has 0 saturated carbocycles. The Balaban J connectivity index is 1.59. The van der Waals surface area contributed by atoms with Crippen LogP contribution in [0.1, 0.15) is 53.8 Å². The van der Waals surface area contributed by atoms with Crippen LogP contribution < -0.4 is 0 Å². The molecule has 0 bridgehead atoms. The average Bonchev–Trinajstić information content (AvgIpc) is 3.44. The third kappa shape index (κ3) is 4.30. The van der Waals surface area contributed by atoms with Gasteiger partial charge in [0.1, 0.15) is 0 Å². The third-order valence-electron chi connectivity index (χ3n) is 6.20. The molecule has 4 rings (SSSR count). The van der Waals surface area contributed by atoms with Crippen LogP contribution in [0.25, 0.3) is 0 Å². The average molecular weight is 427 g/mol. The molecule has 2 aromatic rings. The van der Waals surface area contributed by atoms with Crippen LogP contribution in [0.2, 0.25) is 0 Å². The smallest absolute Gasteiger partial charge is 0.242 e. The van der Waals surface area contributed by atoms with Gasteiger partial charge in [-0.2, -0.15) is 0 Å². The molecule has 2 amide bonds. The summed E-state index contributed by atoms with van der Waals surface area (Å²) < 4.78 is 5.73. The van der Waals surface area contributed by atoms with Gasteiger partial charge < -0.3 is 14.5 Å². The van der Waals surface area contributed by atoms with Crippen LogP contribution in [0, 0.1) is 6.92 Å². The summed E-state index contributed by atoms with van der Waals surface area (Å²) in [6.45, 7) is 6.00. The van der Waals surface area contributed by atoms with Gasteiger partial charge in [-0.3, -0.25) is 9.59 Å². The molecule has 0 radical (unpaired) electrons. The highest BCUT2D eigenvalue weighted by Gasteiger charge is 2.35. The molecule has 2 aliphatic rings. The van der Waals surface area contributed by atoms with Gasteiger partial charge >= 0.3 is 0 Å². The maximum absolute atomic E-state index is 13.5. The number of benzene rings is 1. The molecule has 1 aromatic carbocycles. The number of hydrogen-bond acceptors (Lipinski definition) is 4. The third-order valence-corrected chi connectivity index (χ3v) is 7.20. The van der Waals surface area contributed by atoms with Crippen molar-refractivity contribution in [3.8, 4) is 0 Å². The molecule has 1 saturated heterocycles. The Bertz CT molecular complexity index is 903. The number of fused-ring (bicyclic) bond motifs is 1. The minimum Gasteiger partial charge on any atom is -0.376 e. The number of nitrogens with zero attached hydrogens (tertiary/aromatic N) is 2. The number of carbonyl (C=O) groups is 2. The second-order valence-electron chi connectivity index (χ2n) is 8.16. The maximum atomic E-state index is 13.5. The lowest BCUT2D eigenvalue weighted by atomic mass is 9.90. The van der Waals surface area contributed by atoms with Gasteiger partial charge in [-0.05, 0) is 54.3 Å². The molecular weight excluding hydrogens is 396 g/mol. The Morgan fingerprint density at radius 1 is 1.23 bits per heavy atom.